The van der Waals surface area contributed by atoms with Gasteiger partial charge in [-0.2, -0.15) is 0 Å². The van der Waals surface area contributed by atoms with Gasteiger partial charge in [-0.25, -0.2) is 8.78 Å². The van der Waals surface area contributed by atoms with Gasteiger partial charge in [-0.15, -0.1) is 0 Å². The van der Waals surface area contributed by atoms with Crippen LogP contribution in [0.15, 0.2) is 0 Å². The maximum atomic E-state index is 12.2. The fraction of sp³-hybridized carbons (Fsp3) is 0.857. The molecule has 1 rings (SSSR count). The zero-order valence-corrected chi connectivity index (χ0v) is 8.22. The second kappa shape index (κ2) is 3.68. The number of alkyl halides is 3. The van der Waals surface area contributed by atoms with Gasteiger partial charge in [-0.1, -0.05) is 15.9 Å². The minimum Gasteiger partial charge on any atom is -0.333 e. The average molecular weight is 242 g/mol. The third kappa shape index (κ3) is 1.76. The van der Waals surface area contributed by atoms with E-state index in [1.807, 2.05) is 0 Å². The molecule has 0 bridgehead atoms. The normalized spacial score (nSPS) is 26.9. The molecule has 1 amide bonds. The summed E-state index contributed by atoms with van der Waals surface area (Å²) in [5.41, 5.74) is 0. The molecule has 70 valence electrons. The van der Waals surface area contributed by atoms with Crippen molar-refractivity contribution >= 4 is 21.8 Å². The zero-order valence-electron chi connectivity index (χ0n) is 6.64. The van der Waals surface area contributed by atoms with Crippen molar-refractivity contribution in [2.24, 2.45) is 0 Å². The van der Waals surface area contributed by atoms with Crippen LogP contribution in [0.25, 0.3) is 0 Å². The van der Waals surface area contributed by atoms with Crippen molar-refractivity contribution in [3.8, 4) is 0 Å². The molecular formula is C7H10BrF2NO. The summed E-state index contributed by atoms with van der Waals surface area (Å²) in [6.07, 6.45) is -1.83. The minimum absolute atomic E-state index is 0.220. The molecule has 2 unspecified atom stereocenters. The van der Waals surface area contributed by atoms with Crippen LogP contribution < -0.4 is 0 Å². The molecule has 0 aliphatic carbocycles. The molecule has 2 nitrogen and oxygen atoms in total. The van der Waals surface area contributed by atoms with Crippen LogP contribution in [0, 0.1) is 0 Å². The summed E-state index contributed by atoms with van der Waals surface area (Å²) in [6, 6.07) is -0.958. The number of carbonyl (C=O) groups excluding carboxylic acids is 1. The maximum Gasteiger partial charge on any atom is 0.258 e. The van der Waals surface area contributed by atoms with Gasteiger partial charge in [-0.05, 0) is 13.3 Å². The fourth-order valence-electron chi connectivity index (χ4n) is 1.21. The molecule has 0 radical (unpaired) electrons. The smallest absolute Gasteiger partial charge is 0.258 e. The lowest BCUT2D eigenvalue weighted by Crippen LogP contribution is -2.40. The molecule has 1 aliphatic rings. The number of amides is 1. The Morgan fingerprint density at radius 3 is 2.58 bits per heavy atom. The SMILES string of the molecule is CC(C(F)F)N1CCC(Br)C1=O. The topological polar surface area (TPSA) is 20.3 Å². The predicted octanol–water partition coefficient (Wildman–Crippen LogP) is 1.64. The Kier molecular flexibility index (Phi) is 3.04. The van der Waals surface area contributed by atoms with Crippen LogP contribution in [0.2, 0.25) is 0 Å². The third-order valence-electron chi connectivity index (χ3n) is 2.03. The minimum atomic E-state index is -2.45. The summed E-state index contributed by atoms with van der Waals surface area (Å²) >= 11 is 3.13. The Hall–Kier alpha value is -0.190. The van der Waals surface area contributed by atoms with E-state index < -0.39 is 12.5 Å². The van der Waals surface area contributed by atoms with Gasteiger partial charge in [0.25, 0.3) is 6.43 Å². The lowest BCUT2D eigenvalue weighted by molar-refractivity contribution is -0.131. The molecule has 12 heavy (non-hydrogen) atoms. The van der Waals surface area contributed by atoms with Crippen molar-refractivity contribution in [3.05, 3.63) is 0 Å². The highest BCUT2D eigenvalue weighted by atomic mass is 79.9. The number of carbonyl (C=O) groups is 1. The molecule has 0 aromatic heterocycles. The van der Waals surface area contributed by atoms with E-state index in [1.165, 1.54) is 11.8 Å². The van der Waals surface area contributed by atoms with Crippen LogP contribution in [-0.4, -0.2) is 34.6 Å². The Labute approximate surface area is 78.0 Å². The first kappa shape index (κ1) is 9.89. The number of hydrogen-bond donors (Lipinski definition) is 0. The lowest BCUT2D eigenvalue weighted by Gasteiger charge is -2.23. The van der Waals surface area contributed by atoms with Gasteiger partial charge in [0.1, 0.15) is 0 Å². The second-order valence-corrected chi connectivity index (χ2v) is 3.97. The molecule has 5 heteroatoms. The fourth-order valence-corrected chi connectivity index (χ4v) is 1.67. The number of halogens is 3. The van der Waals surface area contributed by atoms with Gasteiger partial charge >= 0.3 is 0 Å². The van der Waals surface area contributed by atoms with E-state index in [0.717, 1.165) is 0 Å². The molecule has 1 heterocycles. The third-order valence-corrected chi connectivity index (χ3v) is 2.88. The van der Waals surface area contributed by atoms with Crippen molar-refractivity contribution in [1.29, 1.82) is 0 Å². The van der Waals surface area contributed by atoms with Crippen LogP contribution in [0.3, 0.4) is 0 Å². The zero-order chi connectivity index (χ0) is 9.30. The Bertz CT molecular complexity index is 188. The van der Waals surface area contributed by atoms with E-state index in [2.05, 4.69) is 15.9 Å². The van der Waals surface area contributed by atoms with Crippen molar-refractivity contribution in [3.63, 3.8) is 0 Å². The molecule has 1 saturated heterocycles. The highest BCUT2D eigenvalue weighted by molar-refractivity contribution is 9.10. The van der Waals surface area contributed by atoms with E-state index in [0.29, 0.717) is 13.0 Å². The molecule has 1 aliphatic heterocycles. The van der Waals surface area contributed by atoms with Crippen LogP contribution in [0.1, 0.15) is 13.3 Å². The maximum absolute atomic E-state index is 12.2. The van der Waals surface area contributed by atoms with Crippen LogP contribution in [-0.2, 0) is 4.79 Å². The molecule has 0 saturated carbocycles. The number of hydrogen-bond acceptors (Lipinski definition) is 1. The Morgan fingerprint density at radius 2 is 2.25 bits per heavy atom. The van der Waals surface area contributed by atoms with E-state index in [1.54, 1.807) is 0 Å². The molecular weight excluding hydrogens is 232 g/mol. The molecule has 0 aromatic carbocycles. The largest absolute Gasteiger partial charge is 0.333 e. The summed E-state index contributed by atoms with van der Waals surface area (Å²) in [5.74, 6) is -0.220. The Morgan fingerprint density at radius 1 is 1.67 bits per heavy atom. The molecule has 1 fully saturated rings. The van der Waals surface area contributed by atoms with Crippen molar-refractivity contribution in [2.75, 3.05) is 6.54 Å². The number of rotatable bonds is 2. The predicted molar refractivity (Wildman–Crippen MR) is 44.5 cm³/mol. The quantitative estimate of drug-likeness (QED) is 0.674. The van der Waals surface area contributed by atoms with E-state index in [4.69, 9.17) is 0 Å². The van der Waals surface area contributed by atoms with Gasteiger partial charge in [0.05, 0.1) is 10.9 Å². The van der Waals surface area contributed by atoms with Crippen molar-refractivity contribution in [1.82, 2.24) is 4.90 Å². The van der Waals surface area contributed by atoms with Gasteiger partial charge in [-0.3, -0.25) is 4.79 Å². The average Bonchev–Trinajstić information content (AvgIpc) is 2.32. The second-order valence-electron chi connectivity index (χ2n) is 2.86. The molecule has 2 atom stereocenters. The van der Waals surface area contributed by atoms with Crippen LogP contribution >= 0.6 is 15.9 Å². The van der Waals surface area contributed by atoms with Gasteiger partial charge in [0, 0.05) is 6.54 Å². The summed E-state index contributed by atoms with van der Waals surface area (Å²) in [6.45, 7) is 1.80. The molecule has 0 aromatic rings. The van der Waals surface area contributed by atoms with Crippen LogP contribution in [0.4, 0.5) is 8.78 Å². The lowest BCUT2D eigenvalue weighted by atomic mass is 10.3. The van der Waals surface area contributed by atoms with E-state index in [-0.39, 0.29) is 10.7 Å². The van der Waals surface area contributed by atoms with Gasteiger partial charge in [0.2, 0.25) is 5.91 Å². The van der Waals surface area contributed by atoms with Crippen molar-refractivity contribution in [2.45, 2.75) is 30.6 Å². The summed E-state index contributed by atoms with van der Waals surface area (Å²) < 4.78 is 24.3. The number of likely N-dealkylation sites (tertiary alicyclic amines) is 1. The first-order valence-corrected chi connectivity index (χ1v) is 4.68. The summed E-state index contributed by atoms with van der Waals surface area (Å²) in [7, 11) is 0. The Balaban J connectivity index is 2.59. The number of nitrogens with zero attached hydrogens (tertiary/aromatic N) is 1. The molecule has 0 N–H and O–H groups in total. The van der Waals surface area contributed by atoms with Gasteiger partial charge < -0.3 is 4.90 Å². The van der Waals surface area contributed by atoms with E-state index in [9.17, 15) is 13.6 Å². The van der Waals surface area contributed by atoms with Crippen molar-refractivity contribution < 1.29 is 13.6 Å². The molecule has 0 spiro atoms. The highest BCUT2D eigenvalue weighted by Gasteiger charge is 2.35. The highest BCUT2D eigenvalue weighted by Crippen LogP contribution is 2.22. The van der Waals surface area contributed by atoms with Crippen LogP contribution in [0.5, 0.6) is 0 Å². The summed E-state index contributed by atoms with van der Waals surface area (Å²) in [4.78, 5) is 12.2. The first-order chi connectivity index (χ1) is 5.54. The monoisotopic (exact) mass is 241 g/mol. The van der Waals surface area contributed by atoms with Gasteiger partial charge in [0.15, 0.2) is 0 Å². The van der Waals surface area contributed by atoms with E-state index >= 15 is 0 Å². The summed E-state index contributed by atoms with van der Waals surface area (Å²) in [5, 5.41) is 0. The first-order valence-electron chi connectivity index (χ1n) is 3.76. The standard InChI is InChI=1S/C7H10BrF2NO/c1-4(6(9)10)11-3-2-5(8)7(11)12/h4-6H,2-3H2,1H3.